The largest absolute Gasteiger partial charge is 0.342 e. The third kappa shape index (κ3) is 2.97. The van der Waals surface area contributed by atoms with Crippen molar-refractivity contribution in [2.75, 3.05) is 26.2 Å². The van der Waals surface area contributed by atoms with Crippen molar-refractivity contribution in [1.82, 2.24) is 24.6 Å². The maximum atomic E-state index is 11.5. The lowest BCUT2D eigenvalue weighted by Crippen LogP contribution is -2.33. The second kappa shape index (κ2) is 6.04. The van der Waals surface area contributed by atoms with Crippen molar-refractivity contribution >= 4 is 16.9 Å². The van der Waals surface area contributed by atoms with Crippen molar-refractivity contribution in [2.24, 2.45) is 7.05 Å². The van der Waals surface area contributed by atoms with Gasteiger partial charge in [0.25, 0.3) is 0 Å². The zero-order valence-corrected chi connectivity index (χ0v) is 13.5. The molecular formula is C16H23N5O. The summed E-state index contributed by atoms with van der Waals surface area (Å²) in [5.74, 6) is 0.177. The van der Waals surface area contributed by atoms with Gasteiger partial charge in [0, 0.05) is 58.3 Å². The predicted octanol–water partition coefficient (Wildman–Crippen LogP) is 1.33. The molecule has 0 atom stereocenters. The fourth-order valence-corrected chi connectivity index (χ4v) is 3.14. The van der Waals surface area contributed by atoms with Gasteiger partial charge in [-0.15, -0.1) is 0 Å². The number of amides is 1. The highest BCUT2D eigenvalue weighted by molar-refractivity contribution is 5.78. The molecule has 1 saturated heterocycles. The number of fused-ring (bicyclic) bond motifs is 1. The first-order chi connectivity index (χ1) is 10.5. The van der Waals surface area contributed by atoms with Gasteiger partial charge in [-0.2, -0.15) is 5.10 Å². The highest BCUT2D eigenvalue weighted by Gasteiger charge is 2.17. The maximum Gasteiger partial charge on any atom is 0.219 e. The number of nitrogens with zero attached hydrogens (tertiary/aromatic N) is 5. The Balaban J connectivity index is 1.73. The van der Waals surface area contributed by atoms with Gasteiger partial charge in [-0.3, -0.25) is 14.4 Å². The summed E-state index contributed by atoms with van der Waals surface area (Å²) in [5.41, 5.74) is 3.16. The normalized spacial score (nSPS) is 17.0. The van der Waals surface area contributed by atoms with Crippen LogP contribution in [0, 0.1) is 6.92 Å². The Labute approximate surface area is 130 Å². The first kappa shape index (κ1) is 15.0. The Kier molecular flexibility index (Phi) is 4.11. The van der Waals surface area contributed by atoms with E-state index in [1.54, 1.807) is 6.92 Å². The van der Waals surface area contributed by atoms with Crippen LogP contribution in [0.4, 0.5) is 0 Å². The zero-order valence-electron chi connectivity index (χ0n) is 13.5. The van der Waals surface area contributed by atoms with Crippen LogP contribution in [0.25, 0.3) is 11.0 Å². The highest BCUT2D eigenvalue weighted by Crippen LogP contribution is 2.18. The number of carbonyl (C=O) groups is 1. The van der Waals surface area contributed by atoms with Crippen LogP contribution < -0.4 is 0 Å². The Morgan fingerprint density at radius 2 is 2.09 bits per heavy atom. The fraction of sp³-hybridized carbons (Fsp3) is 0.562. The van der Waals surface area contributed by atoms with Crippen LogP contribution in [0.2, 0.25) is 0 Å². The average Bonchev–Trinajstić information content (AvgIpc) is 2.67. The quantitative estimate of drug-likeness (QED) is 0.840. The summed E-state index contributed by atoms with van der Waals surface area (Å²) in [7, 11) is 1.92. The minimum Gasteiger partial charge on any atom is -0.342 e. The fourth-order valence-electron chi connectivity index (χ4n) is 3.14. The monoisotopic (exact) mass is 301 g/mol. The lowest BCUT2D eigenvalue weighted by molar-refractivity contribution is -0.128. The summed E-state index contributed by atoms with van der Waals surface area (Å²) in [4.78, 5) is 20.4. The highest BCUT2D eigenvalue weighted by atomic mass is 16.2. The molecule has 3 rings (SSSR count). The van der Waals surface area contributed by atoms with E-state index in [1.807, 2.05) is 29.7 Å². The molecule has 6 heteroatoms. The predicted molar refractivity (Wildman–Crippen MR) is 85.4 cm³/mol. The van der Waals surface area contributed by atoms with E-state index in [0.29, 0.717) is 0 Å². The van der Waals surface area contributed by atoms with Crippen molar-refractivity contribution in [3.05, 3.63) is 23.5 Å². The second-order valence-corrected chi connectivity index (χ2v) is 6.06. The summed E-state index contributed by atoms with van der Waals surface area (Å²) in [6.45, 7) is 8.17. The van der Waals surface area contributed by atoms with Crippen LogP contribution in [0.1, 0.15) is 24.6 Å². The van der Waals surface area contributed by atoms with E-state index in [2.05, 4.69) is 21.0 Å². The van der Waals surface area contributed by atoms with Crippen molar-refractivity contribution in [3.63, 3.8) is 0 Å². The van der Waals surface area contributed by atoms with Gasteiger partial charge in [0.15, 0.2) is 5.65 Å². The van der Waals surface area contributed by atoms with E-state index in [1.165, 1.54) is 5.56 Å². The molecule has 0 N–H and O–H groups in total. The van der Waals surface area contributed by atoms with Gasteiger partial charge in [0.2, 0.25) is 5.91 Å². The maximum absolute atomic E-state index is 11.5. The SMILES string of the molecule is CC(=O)N1CCCN(Cc2cnc3c(c2)c(C)nn3C)CC1. The molecule has 118 valence electrons. The number of rotatable bonds is 2. The van der Waals surface area contributed by atoms with Crippen LogP contribution in [-0.2, 0) is 18.4 Å². The molecule has 0 radical (unpaired) electrons. The number of hydrogen-bond donors (Lipinski definition) is 0. The van der Waals surface area contributed by atoms with E-state index >= 15 is 0 Å². The number of hydrogen-bond acceptors (Lipinski definition) is 4. The van der Waals surface area contributed by atoms with E-state index in [0.717, 1.165) is 55.9 Å². The lowest BCUT2D eigenvalue weighted by atomic mass is 10.2. The lowest BCUT2D eigenvalue weighted by Gasteiger charge is -2.21. The molecule has 0 saturated carbocycles. The summed E-state index contributed by atoms with van der Waals surface area (Å²) in [6.07, 6.45) is 2.97. The van der Waals surface area contributed by atoms with Crippen LogP contribution in [-0.4, -0.2) is 56.7 Å². The van der Waals surface area contributed by atoms with Crippen LogP contribution in [0.15, 0.2) is 12.3 Å². The molecule has 22 heavy (non-hydrogen) atoms. The molecule has 0 unspecified atom stereocenters. The Morgan fingerprint density at radius 3 is 2.86 bits per heavy atom. The van der Waals surface area contributed by atoms with E-state index < -0.39 is 0 Å². The molecule has 0 spiro atoms. The van der Waals surface area contributed by atoms with E-state index in [4.69, 9.17) is 0 Å². The average molecular weight is 301 g/mol. The molecule has 3 heterocycles. The summed E-state index contributed by atoms with van der Waals surface area (Å²) >= 11 is 0. The minimum atomic E-state index is 0.177. The molecule has 0 aliphatic carbocycles. The van der Waals surface area contributed by atoms with Gasteiger partial charge >= 0.3 is 0 Å². The molecule has 1 aliphatic rings. The van der Waals surface area contributed by atoms with Crippen LogP contribution >= 0.6 is 0 Å². The smallest absolute Gasteiger partial charge is 0.219 e. The number of aromatic nitrogens is 3. The van der Waals surface area contributed by atoms with Gasteiger partial charge < -0.3 is 4.90 Å². The van der Waals surface area contributed by atoms with Crippen LogP contribution in [0.3, 0.4) is 0 Å². The third-order valence-corrected chi connectivity index (χ3v) is 4.36. The molecule has 1 fully saturated rings. The summed E-state index contributed by atoms with van der Waals surface area (Å²) < 4.78 is 1.82. The zero-order chi connectivity index (χ0) is 15.7. The van der Waals surface area contributed by atoms with Crippen molar-refractivity contribution in [3.8, 4) is 0 Å². The van der Waals surface area contributed by atoms with Crippen LogP contribution in [0.5, 0.6) is 0 Å². The molecule has 1 aliphatic heterocycles. The Morgan fingerprint density at radius 1 is 1.27 bits per heavy atom. The van der Waals surface area contributed by atoms with Crippen molar-refractivity contribution in [2.45, 2.75) is 26.8 Å². The molecular weight excluding hydrogens is 278 g/mol. The molecule has 0 aromatic carbocycles. The molecule has 2 aromatic heterocycles. The van der Waals surface area contributed by atoms with E-state index in [9.17, 15) is 4.79 Å². The summed E-state index contributed by atoms with van der Waals surface area (Å²) in [6, 6.07) is 2.19. The van der Waals surface area contributed by atoms with Crippen molar-refractivity contribution < 1.29 is 4.79 Å². The van der Waals surface area contributed by atoms with Crippen molar-refractivity contribution in [1.29, 1.82) is 0 Å². The standard InChI is InChI=1S/C16H23N5O/c1-12-15-9-14(10-17-16(15)19(3)18-12)11-20-5-4-6-21(8-7-20)13(2)22/h9-10H,4-8,11H2,1-3H3. The first-order valence-corrected chi connectivity index (χ1v) is 7.80. The Bertz CT molecular complexity index is 693. The summed E-state index contributed by atoms with van der Waals surface area (Å²) in [5, 5.41) is 5.54. The van der Waals surface area contributed by atoms with Gasteiger partial charge in [-0.05, 0) is 25.0 Å². The molecule has 2 aromatic rings. The molecule has 1 amide bonds. The van der Waals surface area contributed by atoms with E-state index in [-0.39, 0.29) is 5.91 Å². The molecule has 0 bridgehead atoms. The minimum absolute atomic E-state index is 0.177. The topological polar surface area (TPSA) is 54.3 Å². The van der Waals surface area contributed by atoms with Gasteiger partial charge in [-0.1, -0.05) is 0 Å². The number of aryl methyl sites for hydroxylation is 2. The number of pyridine rings is 1. The second-order valence-electron chi connectivity index (χ2n) is 6.06. The van der Waals surface area contributed by atoms with Gasteiger partial charge in [0.05, 0.1) is 5.69 Å². The third-order valence-electron chi connectivity index (χ3n) is 4.36. The first-order valence-electron chi connectivity index (χ1n) is 7.80. The van der Waals surface area contributed by atoms with Gasteiger partial charge in [0.1, 0.15) is 0 Å². The molecule has 6 nitrogen and oxygen atoms in total. The Hall–Kier alpha value is -1.95. The number of carbonyl (C=O) groups excluding carboxylic acids is 1. The van der Waals surface area contributed by atoms with Gasteiger partial charge in [-0.25, -0.2) is 4.98 Å².